The highest BCUT2D eigenvalue weighted by Gasteiger charge is 2.41. The average molecular weight is 435 g/mol. The molecular weight excluding hydrogens is 404 g/mol. The third-order valence-electron chi connectivity index (χ3n) is 6.80. The molecule has 3 aromatic rings. The summed E-state index contributed by atoms with van der Waals surface area (Å²) >= 11 is 0. The van der Waals surface area contributed by atoms with Gasteiger partial charge in [-0.25, -0.2) is 0 Å². The molecule has 168 valence electrons. The molecule has 32 heavy (non-hydrogen) atoms. The number of furan rings is 1. The lowest BCUT2D eigenvalue weighted by Crippen LogP contribution is -2.57. The summed E-state index contributed by atoms with van der Waals surface area (Å²) in [5.74, 6) is 0.0684. The number of amides is 1. The predicted molar refractivity (Wildman–Crippen MR) is 123 cm³/mol. The number of aliphatic hydroxyl groups is 1. The Bertz CT molecular complexity index is 1080. The van der Waals surface area contributed by atoms with Crippen molar-refractivity contribution in [2.45, 2.75) is 31.4 Å². The normalized spacial score (nSPS) is 19.0. The average Bonchev–Trinajstić information content (AvgIpc) is 3.29. The lowest BCUT2D eigenvalue weighted by molar-refractivity contribution is -0.127. The molecule has 2 fully saturated rings. The van der Waals surface area contributed by atoms with Gasteiger partial charge in [0, 0.05) is 43.7 Å². The summed E-state index contributed by atoms with van der Waals surface area (Å²) in [4.78, 5) is 17.6. The van der Waals surface area contributed by atoms with Crippen molar-refractivity contribution in [3.63, 3.8) is 0 Å². The molecule has 2 aliphatic heterocycles. The summed E-state index contributed by atoms with van der Waals surface area (Å²) in [6.07, 6.45) is 4.20. The number of hydrogen-bond donors (Lipinski definition) is 1. The molecule has 6 heteroatoms. The van der Waals surface area contributed by atoms with Gasteiger partial charge in [0.2, 0.25) is 0 Å². The van der Waals surface area contributed by atoms with Crippen LogP contribution in [0.25, 0.3) is 11.0 Å². The fourth-order valence-electron chi connectivity index (χ4n) is 4.99. The van der Waals surface area contributed by atoms with Crippen molar-refractivity contribution in [2.24, 2.45) is 0 Å². The minimum Gasteiger partial charge on any atom is -0.464 e. The van der Waals surface area contributed by atoms with Gasteiger partial charge in [-0.05, 0) is 54.7 Å². The maximum absolute atomic E-state index is 13.2. The molecule has 2 aromatic carbocycles. The van der Waals surface area contributed by atoms with E-state index in [1.165, 1.54) is 11.1 Å². The summed E-state index contributed by atoms with van der Waals surface area (Å²) in [5.41, 5.74) is 3.72. The van der Waals surface area contributed by atoms with Crippen molar-refractivity contribution in [2.75, 3.05) is 39.4 Å². The summed E-state index contributed by atoms with van der Waals surface area (Å²) in [6.45, 7) is 4.85. The molecule has 2 aliphatic rings. The fraction of sp³-hybridized carbons (Fsp3) is 0.423. The summed E-state index contributed by atoms with van der Waals surface area (Å²) in [5, 5.41) is 10.1. The van der Waals surface area contributed by atoms with Gasteiger partial charge >= 0.3 is 0 Å². The van der Waals surface area contributed by atoms with Crippen molar-refractivity contribution in [1.82, 2.24) is 9.80 Å². The Morgan fingerprint density at radius 2 is 1.88 bits per heavy atom. The van der Waals surface area contributed by atoms with Crippen molar-refractivity contribution < 1.29 is 19.1 Å². The van der Waals surface area contributed by atoms with E-state index >= 15 is 0 Å². The number of fused-ring (bicyclic) bond motifs is 1. The van der Waals surface area contributed by atoms with Gasteiger partial charge in [0.1, 0.15) is 5.58 Å². The minimum atomic E-state index is -0.247. The Morgan fingerprint density at radius 3 is 2.72 bits per heavy atom. The lowest BCUT2D eigenvalue weighted by Gasteiger charge is -2.47. The number of likely N-dealkylation sites (tertiary alicyclic amines) is 1. The standard InChI is InChI=1S/C26H30N2O4/c29-13-6-20-2-1-3-21(16-20)18-27-10-8-26(9-11-27)19-28(12-15-32-26)25(30)23-4-5-24-22(17-23)7-14-31-24/h1-5,7,14,16-17,29H,6,8-13,15,18-19H2. The van der Waals surface area contributed by atoms with Crippen LogP contribution in [0.1, 0.15) is 34.3 Å². The van der Waals surface area contributed by atoms with Gasteiger partial charge in [0.05, 0.1) is 25.0 Å². The minimum absolute atomic E-state index is 0.0684. The second-order valence-electron chi connectivity index (χ2n) is 9.00. The molecule has 0 unspecified atom stereocenters. The van der Waals surface area contributed by atoms with Crippen molar-refractivity contribution >= 4 is 16.9 Å². The molecule has 0 radical (unpaired) electrons. The monoisotopic (exact) mass is 434 g/mol. The Balaban J connectivity index is 1.21. The van der Waals surface area contributed by atoms with Gasteiger partial charge in [-0.1, -0.05) is 24.3 Å². The van der Waals surface area contributed by atoms with E-state index in [-0.39, 0.29) is 18.1 Å². The SMILES string of the molecule is O=C(c1ccc2occc2c1)N1CCOC2(CCN(Cc3cccc(CCO)c3)CC2)C1. The van der Waals surface area contributed by atoms with E-state index in [0.29, 0.717) is 31.7 Å². The second-order valence-corrected chi connectivity index (χ2v) is 9.00. The summed E-state index contributed by atoms with van der Waals surface area (Å²) in [7, 11) is 0. The molecule has 0 saturated carbocycles. The van der Waals surface area contributed by atoms with Crippen molar-refractivity contribution in [3.05, 3.63) is 71.5 Å². The first kappa shape index (κ1) is 21.2. The number of aliphatic hydroxyl groups excluding tert-OH is 1. The van der Waals surface area contributed by atoms with E-state index < -0.39 is 0 Å². The maximum atomic E-state index is 13.2. The van der Waals surface area contributed by atoms with E-state index in [2.05, 4.69) is 29.2 Å². The quantitative estimate of drug-likeness (QED) is 0.666. The van der Waals surface area contributed by atoms with E-state index in [9.17, 15) is 9.90 Å². The summed E-state index contributed by atoms with van der Waals surface area (Å²) < 4.78 is 11.7. The summed E-state index contributed by atoms with van der Waals surface area (Å²) in [6, 6.07) is 16.0. The number of benzene rings is 2. The molecule has 0 aliphatic carbocycles. The number of ether oxygens (including phenoxy) is 1. The predicted octanol–water partition coefficient (Wildman–Crippen LogP) is 3.47. The van der Waals surface area contributed by atoms with Crippen LogP contribution in [0.5, 0.6) is 0 Å². The lowest BCUT2D eigenvalue weighted by atomic mass is 9.88. The van der Waals surface area contributed by atoms with Crippen LogP contribution < -0.4 is 0 Å². The molecule has 1 spiro atoms. The Kier molecular flexibility index (Phi) is 6.00. The number of rotatable bonds is 5. The van der Waals surface area contributed by atoms with Gasteiger partial charge in [0.25, 0.3) is 5.91 Å². The number of carbonyl (C=O) groups excluding carboxylic acids is 1. The molecule has 0 bridgehead atoms. The molecule has 2 saturated heterocycles. The van der Waals surface area contributed by atoms with E-state index in [4.69, 9.17) is 9.15 Å². The van der Waals surface area contributed by atoms with Crippen LogP contribution in [0.4, 0.5) is 0 Å². The van der Waals surface area contributed by atoms with E-state index in [0.717, 1.165) is 43.4 Å². The largest absolute Gasteiger partial charge is 0.464 e. The number of hydrogen-bond acceptors (Lipinski definition) is 5. The molecule has 6 nitrogen and oxygen atoms in total. The molecule has 0 atom stereocenters. The first-order chi connectivity index (χ1) is 15.6. The molecule has 5 rings (SSSR count). The third-order valence-corrected chi connectivity index (χ3v) is 6.80. The Hall–Kier alpha value is -2.67. The van der Waals surface area contributed by atoms with Gasteiger partial charge in [0.15, 0.2) is 0 Å². The first-order valence-corrected chi connectivity index (χ1v) is 11.5. The van der Waals surface area contributed by atoms with Gasteiger partial charge in [-0.3, -0.25) is 9.69 Å². The molecule has 1 N–H and O–H groups in total. The zero-order valence-electron chi connectivity index (χ0n) is 18.3. The van der Waals surface area contributed by atoms with Crippen LogP contribution in [0.2, 0.25) is 0 Å². The van der Waals surface area contributed by atoms with Crippen molar-refractivity contribution in [1.29, 1.82) is 0 Å². The highest BCUT2D eigenvalue weighted by Crippen LogP contribution is 2.31. The van der Waals surface area contributed by atoms with Crippen LogP contribution in [-0.2, 0) is 17.7 Å². The third kappa shape index (κ3) is 4.44. The number of nitrogens with zero attached hydrogens (tertiary/aromatic N) is 2. The number of carbonyl (C=O) groups is 1. The van der Waals surface area contributed by atoms with Crippen LogP contribution in [0.3, 0.4) is 0 Å². The molecule has 1 aromatic heterocycles. The Morgan fingerprint density at radius 1 is 1.03 bits per heavy atom. The zero-order chi connectivity index (χ0) is 22.0. The second kappa shape index (κ2) is 9.06. The maximum Gasteiger partial charge on any atom is 0.254 e. The van der Waals surface area contributed by atoms with Crippen molar-refractivity contribution in [3.8, 4) is 0 Å². The highest BCUT2D eigenvalue weighted by atomic mass is 16.5. The molecule has 3 heterocycles. The van der Waals surface area contributed by atoms with E-state index in [1.54, 1.807) is 6.26 Å². The fourth-order valence-corrected chi connectivity index (χ4v) is 4.99. The topological polar surface area (TPSA) is 66.2 Å². The van der Waals surface area contributed by atoms with Gasteiger partial charge in [-0.2, -0.15) is 0 Å². The molecule has 1 amide bonds. The smallest absolute Gasteiger partial charge is 0.254 e. The van der Waals surface area contributed by atoms with Crippen LogP contribution >= 0.6 is 0 Å². The van der Waals surface area contributed by atoms with Crippen LogP contribution in [-0.4, -0.2) is 65.8 Å². The highest BCUT2D eigenvalue weighted by molar-refractivity contribution is 5.97. The zero-order valence-corrected chi connectivity index (χ0v) is 18.3. The Labute approximate surface area is 188 Å². The molecular formula is C26H30N2O4. The number of morpholine rings is 1. The van der Waals surface area contributed by atoms with Gasteiger partial charge < -0.3 is 19.2 Å². The number of piperidine rings is 1. The van der Waals surface area contributed by atoms with Crippen LogP contribution in [0, 0.1) is 0 Å². The van der Waals surface area contributed by atoms with Crippen LogP contribution in [0.15, 0.2) is 59.2 Å². The van der Waals surface area contributed by atoms with Gasteiger partial charge in [-0.15, -0.1) is 0 Å². The van der Waals surface area contributed by atoms with E-state index in [1.807, 2.05) is 29.2 Å². The first-order valence-electron chi connectivity index (χ1n) is 11.5.